The molecule has 1 amide bonds. The van der Waals surface area contributed by atoms with Gasteiger partial charge in [-0.3, -0.25) is 4.79 Å². The van der Waals surface area contributed by atoms with Crippen molar-refractivity contribution in [3.63, 3.8) is 0 Å². The molecule has 1 aromatic heterocycles. The lowest BCUT2D eigenvalue weighted by Gasteiger charge is -2.37. The highest BCUT2D eigenvalue weighted by Gasteiger charge is 2.31. The van der Waals surface area contributed by atoms with Crippen LogP contribution in [0.1, 0.15) is 43.2 Å². The Bertz CT molecular complexity index is 477. The quantitative estimate of drug-likeness (QED) is 0.852. The van der Waals surface area contributed by atoms with E-state index in [0.29, 0.717) is 11.7 Å². The predicted molar refractivity (Wildman–Crippen MR) is 70.8 cm³/mol. The minimum Gasteiger partial charge on any atom is -0.337 e. The van der Waals surface area contributed by atoms with Crippen molar-refractivity contribution in [1.29, 1.82) is 0 Å². The van der Waals surface area contributed by atoms with E-state index in [1.54, 1.807) is 10.9 Å². The molecular weight excluding hydrogens is 242 g/mol. The van der Waals surface area contributed by atoms with Gasteiger partial charge in [-0.15, -0.1) is 5.10 Å². The first-order chi connectivity index (χ1) is 9.05. The van der Waals surface area contributed by atoms with Crippen LogP contribution in [0.4, 0.5) is 0 Å². The molecule has 0 atom stereocenters. The minimum absolute atomic E-state index is 0.0197. The van der Waals surface area contributed by atoms with Crippen molar-refractivity contribution in [3.05, 3.63) is 11.9 Å². The van der Waals surface area contributed by atoms with Gasteiger partial charge in [-0.2, -0.15) is 0 Å². The van der Waals surface area contributed by atoms with Crippen LogP contribution >= 0.6 is 0 Å². The van der Waals surface area contributed by atoms with Crippen LogP contribution in [-0.4, -0.2) is 52.0 Å². The van der Waals surface area contributed by atoms with Gasteiger partial charge in [-0.25, -0.2) is 4.68 Å². The molecule has 6 heteroatoms. The Morgan fingerprint density at radius 2 is 2.26 bits per heavy atom. The topological polar surface area (TPSA) is 63.1 Å². The van der Waals surface area contributed by atoms with E-state index in [-0.39, 0.29) is 11.3 Å². The second-order valence-corrected chi connectivity index (χ2v) is 6.39. The van der Waals surface area contributed by atoms with E-state index in [1.165, 1.54) is 6.42 Å². The third-order valence-electron chi connectivity index (χ3n) is 4.05. The molecule has 104 valence electrons. The average Bonchev–Trinajstić information content (AvgIpc) is 2.73. The van der Waals surface area contributed by atoms with Crippen LogP contribution in [0.25, 0.3) is 0 Å². The largest absolute Gasteiger partial charge is 0.337 e. The Morgan fingerprint density at radius 3 is 2.89 bits per heavy atom. The third kappa shape index (κ3) is 2.49. The van der Waals surface area contributed by atoms with Crippen molar-refractivity contribution in [2.75, 3.05) is 26.2 Å². The molecule has 0 radical (unpaired) electrons. The molecule has 0 aromatic carbocycles. The number of likely N-dealkylation sites (tertiary alicyclic amines) is 1. The molecule has 2 saturated heterocycles. The first kappa shape index (κ1) is 12.6. The lowest BCUT2D eigenvalue weighted by atomic mass is 9.84. The van der Waals surface area contributed by atoms with Crippen LogP contribution < -0.4 is 5.32 Å². The maximum atomic E-state index is 12.4. The Labute approximate surface area is 113 Å². The van der Waals surface area contributed by atoms with Crippen LogP contribution in [0.2, 0.25) is 0 Å². The summed E-state index contributed by atoms with van der Waals surface area (Å²) in [5.74, 6) is 0.0197. The van der Waals surface area contributed by atoms with Crippen LogP contribution in [0, 0.1) is 5.41 Å². The highest BCUT2D eigenvalue weighted by atomic mass is 16.2. The molecule has 0 unspecified atom stereocenters. The Balaban J connectivity index is 1.70. The number of carbonyl (C=O) groups excluding carboxylic acids is 1. The summed E-state index contributed by atoms with van der Waals surface area (Å²) in [6.45, 7) is 7.89. The summed E-state index contributed by atoms with van der Waals surface area (Å²) in [6, 6.07) is 0.354. The molecule has 1 aromatic rings. The highest BCUT2D eigenvalue weighted by molar-refractivity contribution is 5.92. The van der Waals surface area contributed by atoms with E-state index in [0.717, 1.165) is 32.6 Å². The number of rotatable bonds is 2. The highest BCUT2D eigenvalue weighted by Crippen LogP contribution is 2.29. The fraction of sp³-hybridized carbons (Fsp3) is 0.769. The van der Waals surface area contributed by atoms with Gasteiger partial charge < -0.3 is 10.2 Å². The lowest BCUT2D eigenvalue weighted by molar-refractivity contribution is 0.0577. The molecule has 0 aliphatic carbocycles. The van der Waals surface area contributed by atoms with E-state index in [1.807, 2.05) is 4.90 Å². The van der Waals surface area contributed by atoms with E-state index in [4.69, 9.17) is 0 Å². The summed E-state index contributed by atoms with van der Waals surface area (Å²) in [4.78, 5) is 14.3. The summed E-state index contributed by atoms with van der Waals surface area (Å²) in [5, 5.41) is 11.3. The van der Waals surface area contributed by atoms with Crippen LogP contribution in [0.3, 0.4) is 0 Å². The SMILES string of the molecule is CC1(C)CCCN(C(=O)c2cn(C3CNC3)nn2)C1. The van der Waals surface area contributed by atoms with Crippen LogP contribution in [-0.2, 0) is 0 Å². The zero-order valence-corrected chi connectivity index (χ0v) is 11.6. The zero-order chi connectivity index (χ0) is 13.5. The van der Waals surface area contributed by atoms with Gasteiger partial charge in [0.15, 0.2) is 5.69 Å². The molecule has 6 nitrogen and oxygen atoms in total. The van der Waals surface area contributed by atoms with Crippen molar-refractivity contribution in [1.82, 2.24) is 25.2 Å². The third-order valence-corrected chi connectivity index (χ3v) is 4.05. The number of aromatic nitrogens is 3. The molecule has 19 heavy (non-hydrogen) atoms. The summed E-state index contributed by atoms with van der Waals surface area (Å²) in [5.41, 5.74) is 0.687. The summed E-state index contributed by atoms with van der Waals surface area (Å²) >= 11 is 0. The minimum atomic E-state index is 0.0197. The first-order valence-corrected chi connectivity index (χ1v) is 6.97. The fourth-order valence-electron chi connectivity index (χ4n) is 2.77. The number of hydrogen-bond donors (Lipinski definition) is 1. The molecule has 1 N–H and O–H groups in total. The van der Waals surface area contributed by atoms with E-state index >= 15 is 0 Å². The van der Waals surface area contributed by atoms with Crippen molar-refractivity contribution in [3.8, 4) is 0 Å². The number of nitrogens with one attached hydrogen (secondary N) is 1. The summed E-state index contributed by atoms with van der Waals surface area (Å²) in [7, 11) is 0. The molecule has 0 saturated carbocycles. The van der Waals surface area contributed by atoms with Gasteiger partial charge in [0.25, 0.3) is 5.91 Å². The number of hydrogen-bond acceptors (Lipinski definition) is 4. The summed E-state index contributed by atoms with van der Waals surface area (Å²) < 4.78 is 1.80. The van der Waals surface area contributed by atoms with Crippen LogP contribution in [0.15, 0.2) is 6.20 Å². The first-order valence-electron chi connectivity index (χ1n) is 6.97. The zero-order valence-electron chi connectivity index (χ0n) is 11.6. The second-order valence-electron chi connectivity index (χ2n) is 6.39. The fourth-order valence-corrected chi connectivity index (χ4v) is 2.77. The van der Waals surface area contributed by atoms with Gasteiger partial charge in [0.05, 0.1) is 12.2 Å². The molecule has 3 rings (SSSR count). The van der Waals surface area contributed by atoms with E-state index < -0.39 is 0 Å². The van der Waals surface area contributed by atoms with Crippen LogP contribution in [0.5, 0.6) is 0 Å². The monoisotopic (exact) mass is 263 g/mol. The molecule has 3 heterocycles. The maximum Gasteiger partial charge on any atom is 0.276 e. The Morgan fingerprint density at radius 1 is 1.47 bits per heavy atom. The maximum absolute atomic E-state index is 12.4. The van der Waals surface area contributed by atoms with Crippen molar-refractivity contribution in [2.45, 2.75) is 32.7 Å². The van der Waals surface area contributed by atoms with Gasteiger partial charge in [0.2, 0.25) is 0 Å². The Hall–Kier alpha value is -1.43. The van der Waals surface area contributed by atoms with Gasteiger partial charge in [0, 0.05) is 26.2 Å². The van der Waals surface area contributed by atoms with Gasteiger partial charge >= 0.3 is 0 Å². The van der Waals surface area contributed by atoms with Crippen molar-refractivity contribution in [2.24, 2.45) is 5.41 Å². The van der Waals surface area contributed by atoms with Crippen molar-refractivity contribution < 1.29 is 4.79 Å². The average molecular weight is 263 g/mol. The Kier molecular flexibility index (Phi) is 3.05. The molecule has 2 aliphatic heterocycles. The molecule has 0 bridgehead atoms. The smallest absolute Gasteiger partial charge is 0.276 e. The number of amides is 1. The van der Waals surface area contributed by atoms with E-state index in [2.05, 4.69) is 29.5 Å². The van der Waals surface area contributed by atoms with Gasteiger partial charge in [-0.05, 0) is 18.3 Å². The normalized spacial score (nSPS) is 23.2. The van der Waals surface area contributed by atoms with Gasteiger partial charge in [0.1, 0.15) is 0 Å². The number of carbonyl (C=O) groups is 1. The standard InChI is InChI=1S/C13H21N5O/c1-13(2)4-3-5-17(9-13)12(19)11-8-18(16-15-11)10-6-14-7-10/h8,10,14H,3-7,9H2,1-2H3. The second kappa shape index (κ2) is 4.59. The number of piperidine rings is 1. The van der Waals surface area contributed by atoms with Gasteiger partial charge in [-0.1, -0.05) is 19.1 Å². The molecule has 2 fully saturated rings. The lowest BCUT2D eigenvalue weighted by Crippen LogP contribution is -2.44. The predicted octanol–water partition coefficient (Wildman–Crippen LogP) is 0.685. The van der Waals surface area contributed by atoms with Crippen molar-refractivity contribution >= 4 is 5.91 Å². The van der Waals surface area contributed by atoms with E-state index in [9.17, 15) is 4.79 Å². The molecule has 0 spiro atoms. The number of nitrogens with zero attached hydrogens (tertiary/aromatic N) is 4. The molecule has 2 aliphatic rings. The summed E-state index contributed by atoms with van der Waals surface area (Å²) in [6.07, 6.45) is 4.03. The molecular formula is C13H21N5O.